The highest BCUT2D eigenvalue weighted by atomic mass is 16.5. The Morgan fingerprint density at radius 2 is 1.68 bits per heavy atom. The van der Waals surface area contributed by atoms with Crippen LogP contribution >= 0.6 is 0 Å². The number of amidine groups is 1. The molecule has 0 radical (unpaired) electrons. The first kappa shape index (κ1) is 15.0. The van der Waals surface area contributed by atoms with Gasteiger partial charge in [0.2, 0.25) is 5.91 Å². The number of benzene rings is 1. The van der Waals surface area contributed by atoms with E-state index >= 15 is 0 Å². The van der Waals surface area contributed by atoms with Gasteiger partial charge >= 0.3 is 0 Å². The third kappa shape index (κ3) is 4.62. The lowest BCUT2D eigenvalue weighted by Crippen LogP contribution is -2.30. The highest BCUT2D eigenvalue weighted by Crippen LogP contribution is 2.18. The van der Waals surface area contributed by atoms with Crippen molar-refractivity contribution in [2.24, 2.45) is 4.99 Å². The fraction of sp³-hybridized carbons (Fsp3) is 0.429. The average Bonchev–Trinajstić information content (AvgIpc) is 2.38. The van der Waals surface area contributed by atoms with E-state index in [1.165, 1.54) is 0 Å². The first-order valence-corrected chi connectivity index (χ1v) is 6.03. The number of carbonyl (C=O) groups is 1. The Morgan fingerprint density at radius 1 is 1.11 bits per heavy atom. The summed E-state index contributed by atoms with van der Waals surface area (Å²) in [5.74, 6) is 1.54. The van der Waals surface area contributed by atoms with Crippen molar-refractivity contribution in [3.8, 4) is 5.75 Å². The second kappa shape index (κ2) is 6.78. The van der Waals surface area contributed by atoms with E-state index < -0.39 is 0 Å². The Bertz CT molecular complexity index is 450. The van der Waals surface area contributed by atoms with Gasteiger partial charge in [0.15, 0.2) is 0 Å². The molecular weight excluding hydrogens is 242 g/mol. The van der Waals surface area contributed by atoms with E-state index in [9.17, 15) is 4.79 Å². The molecule has 19 heavy (non-hydrogen) atoms. The molecule has 0 bridgehead atoms. The molecule has 5 nitrogen and oxygen atoms in total. The van der Waals surface area contributed by atoms with Gasteiger partial charge in [-0.3, -0.25) is 4.79 Å². The average molecular weight is 263 g/mol. The molecule has 0 heterocycles. The van der Waals surface area contributed by atoms with Gasteiger partial charge in [-0.25, -0.2) is 4.99 Å². The fourth-order valence-corrected chi connectivity index (χ4v) is 1.40. The van der Waals surface area contributed by atoms with Gasteiger partial charge < -0.3 is 14.5 Å². The Balaban J connectivity index is 2.90. The Morgan fingerprint density at radius 3 is 2.11 bits per heavy atom. The van der Waals surface area contributed by atoms with Crippen LogP contribution in [0.2, 0.25) is 0 Å². The fourth-order valence-electron chi connectivity index (χ4n) is 1.40. The molecule has 0 N–H and O–H groups in total. The molecule has 0 fully saturated rings. The number of methoxy groups -OCH3 is 1. The lowest BCUT2D eigenvalue weighted by Gasteiger charge is -2.17. The Labute approximate surface area is 114 Å². The second-order valence-corrected chi connectivity index (χ2v) is 4.59. The summed E-state index contributed by atoms with van der Waals surface area (Å²) < 4.78 is 5.10. The monoisotopic (exact) mass is 263 g/mol. The molecule has 0 saturated carbocycles. The van der Waals surface area contributed by atoms with Crippen LogP contribution in [0.1, 0.15) is 6.42 Å². The number of aliphatic imine (C=N–C) groups is 1. The van der Waals surface area contributed by atoms with Gasteiger partial charge in [-0.1, -0.05) is 0 Å². The summed E-state index contributed by atoms with van der Waals surface area (Å²) in [5.41, 5.74) is 0.802. The summed E-state index contributed by atoms with van der Waals surface area (Å²) in [5, 5.41) is 0. The number of hydrogen-bond acceptors (Lipinski definition) is 3. The van der Waals surface area contributed by atoms with Crippen molar-refractivity contribution in [3.63, 3.8) is 0 Å². The second-order valence-electron chi connectivity index (χ2n) is 4.59. The lowest BCUT2D eigenvalue weighted by atomic mass is 10.3. The van der Waals surface area contributed by atoms with Crippen molar-refractivity contribution in [1.29, 1.82) is 0 Å². The molecule has 0 aliphatic carbocycles. The van der Waals surface area contributed by atoms with Crippen LogP contribution < -0.4 is 4.74 Å². The smallest absolute Gasteiger partial charge is 0.229 e. The van der Waals surface area contributed by atoms with E-state index in [-0.39, 0.29) is 12.3 Å². The van der Waals surface area contributed by atoms with Crippen molar-refractivity contribution in [3.05, 3.63) is 24.3 Å². The van der Waals surface area contributed by atoms with Crippen LogP contribution in [0.25, 0.3) is 0 Å². The predicted molar refractivity (Wildman–Crippen MR) is 77.1 cm³/mol. The standard InChI is InChI=1S/C14H21N3O2/c1-16(2)13(10-14(18)17(3)4)15-11-6-8-12(19-5)9-7-11/h6-9H,10H2,1-5H3. The minimum absolute atomic E-state index is 0.0287. The quantitative estimate of drug-likeness (QED) is 0.614. The van der Waals surface area contributed by atoms with E-state index in [0.29, 0.717) is 0 Å². The van der Waals surface area contributed by atoms with Crippen LogP contribution in [-0.2, 0) is 4.79 Å². The van der Waals surface area contributed by atoms with Gasteiger partial charge in [-0.15, -0.1) is 0 Å². The summed E-state index contributed by atoms with van der Waals surface area (Å²) in [6.45, 7) is 0. The normalized spacial score (nSPS) is 11.1. The number of rotatable bonds is 4. The highest BCUT2D eigenvalue weighted by molar-refractivity contribution is 6.00. The predicted octanol–water partition coefficient (Wildman–Crippen LogP) is 1.77. The maximum Gasteiger partial charge on any atom is 0.229 e. The summed E-state index contributed by atoms with van der Waals surface area (Å²) in [4.78, 5) is 19.7. The first-order valence-electron chi connectivity index (χ1n) is 6.03. The first-order chi connectivity index (χ1) is 8.93. The van der Waals surface area contributed by atoms with E-state index in [2.05, 4.69) is 4.99 Å². The molecule has 0 unspecified atom stereocenters. The number of amides is 1. The molecule has 0 saturated heterocycles. The molecule has 5 heteroatoms. The molecule has 1 aromatic rings. The van der Waals surface area contributed by atoms with Crippen molar-refractivity contribution < 1.29 is 9.53 Å². The minimum atomic E-state index is 0.0287. The zero-order chi connectivity index (χ0) is 14.4. The van der Waals surface area contributed by atoms with Crippen LogP contribution in [0.15, 0.2) is 29.3 Å². The van der Waals surface area contributed by atoms with Crippen molar-refractivity contribution in [1.82, 2.24) is 9.80 Å². The molecule has 1 aromatic carbocycles. The molecule has 1 amide bonds. The molecule has 0 spiro atoms. The van der Waals surface area contributed by atoms with Crippen LogP contribution in [0.5, 0.6) is 5.75 Å². The largest absolute Gasteiger partial charge is 0.497 e. The van der Waals surface area contributed by atoms with Gasteiger partial charge in [0.05, 0.1) is 19.2 Å². The summed E-state index contributed by atoms with van der Waals surface area (Å²) in [6.07, 6.45) is 0.284. The molecule has 0 atom stereocenters. The van der Waals surface area contributed by atoms with Crippen LogP contribution in [-0.4, -0.2) is 56.8 Å². The van der Waals surface area contributed by atoms with Gasteiger partial charge in [0.25, 0.3) is 0 Å². The molecule has 1 rings (SSSR count). The van der Waals surface area contributed by atoms with Crippen molar-refractivity contribution >= 4 is 17.4 Å². The van der Waals surface area contributed by atoms with Crippen LogP contribution in [0, 0.1) is 0 Å². The van der Waals surface area contributed by atoms with Crippen molar-refractivity contribution in [2.45, 2.75) is 6.42 Å². The molecule has 0 aromatic heterocycles. The Hall–Kier alpha value is -2.04. The molecule has 0 aliphatic rings. The summed E-state index contributed by atoms with van der Waals surface area (Å²) in [7, 11) is 8.86. The molecular formula is C14H21N3O2. The molecule has 0 aliphatic heterocycles. The topological polar surface area (TPSA) is 45.1 Å². The van der Waals surface area contributed by atoms with E-state index in [4.69, 9.17) is 4.74 Å². The third-order valence-electron chi connectivity index (χ3n) is 2.65. The van der Waals surface area contributed by atoms with E-state index in [0.717, 1.165) is 17.3 Å². The number of carbonyl (C=O) groups excluding carboxylic acids is 1. The maximum absolute atomic E-state index is 11.7. The Kier molecular flexibility index (Phi) is 5.36. The minimum Gasteiger partial charge on any atom is -0.497 e. The van der Waals surface area contributed by atoms with E-state index in [1.54, 1.807) is 26.1 Å². The van der Waals surface area contributed by atoms with Gasteiger partial charge in [0, 0.05) is 28.2 Å². The van der Waals surface area contributed by atoms with Crippen molar-refractivity contribution in [2.75, 3.05) is 35.3 Å². The lowest BCUT2D eigenvalue weighted by molar-refractivity contribution is -0.127. The number of ether oxygens (including phenoxy) is 1. The third-order valence-corrected chi connectivity index (χ3v) is 2.65. The van der Waals surface area contributed by atoms with E-state index in [1.807, 2.05) is 43.3 Å². The maximum atomic E-state index is 11.7. The summed E-state index contributed by atoms with van der Waals surface area (Å²) >= 11 is 0. The van der Waals surface area contributed by atoms with Gasteiger partial charge in [0.1, 0.15) is 11.6 Å². The van der Waals surface area contributed by atoms with Crippen LogP contribution in [0.4, 0.5) is 5.69 Å². The number of nitrogens with zero attached hydrogens (tertiary/aromatic N) is 3. The zero-order valence-corrected chi connectivity index (χ0v) is 12.2. The highest BCUT2D eigenvalue weighted by Gasteiger charge is 2.11. The SMILES string of the molecule is COc1ccc(N=C(CC(=O)N(C)C)N(C)C)cc1. The number of hydrogen-bond donors (Lipinski definition) is 0. The molecule has 104 valence electrons. The van der Waals surface area contributed by atoms with Crippen LogP contribution in [0.3, 0.4) is 0 Å². The van der Waals surface area contributed by atoms with Gasteiger partial charge in [-0.2, -0.15) is 0 Å². The summed E-state index contributed by atoms with van der Waals surface area (Å²) in [6, 6.07) is 7.42. The zero-order valence-electron chi connectivity index (χ0n) is 12.2. The van der Waals surface area contributed by atoms with Gasteiger partial charge in [-0.05, 0) is 24.3 Å².